The van der Waals surface area contributed by atoms with Crippen molar-refractivity contribution < 1.29 is 9.59 Å². The second-order valence-corrected chi connectivity index (χ2v) is 8.35. The Labute approximate surface area is 166 Å². The van der Waals surface area contributed by atoms with Crippen molar-refractivity contribution >= 4 is 17.5 Å². The number of carbonyl (C=O) groups is 2. The maximum atomic E-state index is 12.4. The largest absolute Gasteiger partial charge is 0.376 e. The smallest absolute Gasteiger partial charge is 0.251 e. The quantitative estimate of drug-likeness (QED) is 0.740. The van der Waals surface area contributed by atoms with Gasteiger partial charge in [-0.05, 0) is 75.4 Å². The van der Waals surface area contributed by atoms with Crippen LogP contribution in [0.5, 0.6) is 0 Å². The molecule has 3 N–H and O–H groups in total. The Morgan fingerprint density at radius 2 is 1.75 bits per heavy atom. The molecule has 3 rings (SSSR count). The van der Waals surface area contributed by atoms with E-state index in [1.807, 2.05) is 39.0 Å². The molecule has 1 atom stereocenters. The van der Waals surface area contributed by atoms with Crippen molar-refractivity contribution in [3.8, 4) is 0 Å². The summed E-state index contributed by atoms with van der Waals surface area (Å²) >= 11 is 0. The first-order valence-electron chi connectivity index (χ1n) is 9.85. The van der Waals surface area contributed by atoms with E-state index in [4.69, 9.17) is 0 Å². The Hall–Kier alpha value is -2.82. The lowest BCUT2D eigenvalue weighted by Crippen LogP contribution is -2.40. The van der Waals surface area contributed by atoms with Gasteiger partial charge in [0.15, 0.2) is 0 Å². The van der Waals surface area contributed by atoms with Crippen LogP contribution in [0.25, 0.3) is 0 Å². The number of hydrogen-bond acceptors (Lipinski definition) is 3. The maximum absolute atomic E-state index is 12.4. The van der Waals surface area contributed by atoms with Gasteiger partial charge in [0.2, 0.25) is 5.91 Å². The van der Waals surface area contributed by atoms with E-state index >= 15 is 0 Å². The molecule has 0 saturated carbocycles. The van der Waals surface area contributed by atoms with Gasteiger partial charge in [0.25, 0.3) is 5.91 Å². The highest BCUT2D eigenvalue weighted by Gasteiger charge is 2.21. The number of anilines is 1. The normalized spacial score (nSPS) is 16.0. The van der Waals surface area contributed by atoms with Crippen LogP contribution in [0.4, 0.5) is 5.69 Å². The lowest BCUT2D eigenvalue weighted by Gasteiger charge is -2.26. The van der Waals surface area contributed by atoms with Gasteiger partial charge in [0.05, 0.1) is 12.6 Å². The summed E-state index contributed by atoms with van der Waals surface area (Å²) in [7, 11) is 0. The van der Waals surface area contributed by atoms with E-state index in [2.05, 4.69) is 34.1 Å². The molecule has 0 heterocycles. The summed E-state index contributed by atoms with van der Waals surface area (Å²) in [6.07, 6.45) is 3.14. The molecule has 1 aliphatic carbocycles. The molecule has 0 bridgehead atoms. The second kappa shape index (κ2) is 8.46. The minimum Gasteiger partial charge on any atom is -0.376 e. The highest BCUT2D eigenvalue weighted by molar-refractivity contribution is 5.95. The summed E-state index contributed by atoms with van der Waals surface area (Å²) in [6.45, 7) is 6.05. The molecular formula is C23H29N3O2. The van der Waals surface area contributed by atoms with Gasteiger partial charge in [0, 0.05) is 16.8 Å². The molecule has 0 aromatic heterocycles. The molecule has 0 radical (unpaired) electrons. The average molecular weight is 380 g/mol. The summed E-state index contributed by atoms with van der Waals surface area (Å²) in [4.78, 5) is 24.6. The number of aryl methyl sites for hydroxylation is 1. The molecule has 1 aliphatic rings. The average Bonchev–Trinajstić information content (AvgIpc) is 2.66. The number of fused-ring (bicyclic) bond motifs is 1. The van der Waals surface area contributed by atoms with Crippen molar-refractivity contribution in [1.29, 1.82) is 0 Å². The number of rotatable bonds is 5. The Kier molecular flexibility index (Phi) is 6.02. The Bertz CT molecular complexity index is 838. The molecule has 2 amide bonds. The zero-order valence-electron chi connectivity index (χ0n) is 16.8. The standard InChI is InChI=1S/C23H29N3O2/c1-23(2,3)26-22(28)17-11-13-18(14-12-17)24-15-21(27)25-20-10-6-8-16-7-4-5-9-19(16)20/h4-5,7,9,11-14,20,24H,6,8,10,15H2,1-3H3,(H,25,27)(H,26,28)/t20-/m0/s1. The van der Waals surface area contributed by atoms with Crippen LogP contribution in [0, 0.1) is 0 Å². The highest BCUT2D eigenvalue weighted by Crippen LogP contribution is 2.29. The van der Waals surface area contributed by atoms with E-state index in [0.717, 1.165) is 24.9 Å². The van der Waals surface area contributed by atoms with Crippen LogP contribution in [0.2, 0.25) is 0 Å². The molecule has 0 aliphatic heterocycles. The number of amides is 2. The predicted octanol–water partition coefficient (Wildman–Crippen LogP) is 3.82. The predicted molar refractivity (Wildman–Crippen MR) is 112 cm³/mol. The first-order valence-corrected chi connectivity index (χ1v) is 9.85. The van der Waals surface area contributed by atoms with Crippen LogP contribution in [0.1, 0.15) is 61.1 Å². The van der Waals surface area contributed by atoms with Crippen molar-refractivity contribution in [1.82, 2.24) is 10.6 Å². The molecule has 0 saturated heterocycles. The molecule has 0 spiro atoms. The maximum Gasteiger partial charge on any atom is 0.251 e. The number of hydrogen-bond donors (Lipinski definition) is 3. The van der Waals surface area contributed by atoms with Gasteiger partial charge in [0.1, 0.15) is 0 Å². The molecule has 5 nitrogen and oxygen atoms in total. The zero-order chi connectivity index (χ0) is 20.1. The van der Waals surface area contributed by atoms with Gasteiger partial charge in [-0.3, -0.25) is 9.59 Å². The first kappa shape index (κ1) is 19.9. The minimum absolute atomic E-state index is 0.0312. The fourth-order valence-electron chi connectivity index (χ4n) is 3.48. The van der Waals surface area contributed by atoms with Crippen LogP contribution in [0.3, 0.4) is 0 Å². The van der Waals surface area contributed by atoms with Crippen LogP contribution >= 0.6 is 0 Å². The fourth-order valence-corrected chi connectivity index (χ4v) is 3.48. The second-order valence-electron chi connectivity index (χ2n) is 8.35. The SMILES string of the molecule is CC(C)(C)NC(=O)c1ccc(NCC(=O)N[C@H]2CCCc3ccccc32)cc1. The van der Waals surface area contributed by atoms with E-state index in [1.54, 1.807) is 12.1 Å². The monoisotopic (exact) mass is 379 g/mol. The number of nitrogens with one attached hydrogen (secondary N) is 3. The van der Waals surface area contributed by atoms with E-state index in [9.17, 15) is 9.59 Å². The van der Waals surface area contributed by atoms with Gasteiger partial charge in [-0.25, -0.2) is 0 Å². The summed E-state index contributed by atoms with van der Waals surface area (Å²) in [5.74, 6) is -0.135. The van der Waals surface area contributed by atoms with E-state index in [1.165, 1.54) is 11.1 Å². The van der Waals surface area contributed by atoms with Crippen molar-refractivity contribution in [2.75, 3.05) is 11.9 Å². The van der Waals surface area contributed by atoms with E-state index in [-0.39, 0.29) is 29.9 Å². The minimum atomic E-state index is -0.274. The highest BCUT2D eigenvalue weighted by atomic mass is 16.2. The number of carbonyl (C=O) groups excluding carboxylic acids is 2. The lowest BCUT2D eigenvalue weighted by atomic mass is 9.88. The van der Waals surface area contributed by atoms with Gasteiger partial charge in [-0.1, -0.05) is 24.3 Å². The Morgan fingerprint density at radius 1 is 1.04 bits per heavy atom. The summed E-state index contributed by atoms with van der Waals surface area (Å²) in [5.41, 5.74) is 3.70. The third-order valence-electron chi connectivity index (χ3n) is 4.79. The molecule has 5 heteroatoms. The van der Waals surface area contributed by atoms with Crippen LogP contribution in [-0.2, 0) is 11.2 Å². The van der Waals surface area contributed by atoms with Crippen molar-refractivity contribution in [2.24, 2.45) is 0 Å². The Morgan fingerprint density at radius 3 is 2.46 bits per heavy atom. The molecule has 0 unspecified atom stereocenters. The molecule has 0 fully saturated rings. The zero-order valence-corrected chi connectivity index (χ0v) is 16.8. The topological polar surface area (TPSA) is 70.2 Å². The Balaban J connectivity index is 1.52. The van der Waals surface area contributed by atoms with Crippen molar-refractivity contribution in [2.45, 2.75) is 51.6 Å². The van der Waals surface area contributed by atoms with Crippen LogP contribution in [-0.4, -0.2) is 23.9 Å². The molecule has 28 heavy (non-hydrogen) atoms. The van der Waals surface area contributed by atoms with Gasteiger partial charge in [-0.15, -0.1) is 0 Å². The van der Waals surface area contributed by atoms with Crippen LogP contribution < -0.4 is 16.0 Å². The summed E-state index contributed by atoms with van der Waals surface area (Å²) in [5, 5.41) is 9.20. The third-order valence-corrected chi connectivity index (χ3v) is 4.79. The van der Waals surface area contributed by atoms with Crippen molar-refractivity contribution in [3.05, 3.63) is 65.2 Å². The molecule has 2 aromatic rings. The van der Waals surface area contributed by atoms with Crippen LogP contribution in [0.15, 0.2) is 48.5 Å². The molecule has 148 valence electrons. The number of benzene rings is 2. The molecule has 2 aromatic carbocycles. The lowest BCUT2D eigenvalue weighted by molar-refractivity contribution is -0.120. The summed E-state index contributed by atoms with van der Waals surface area (Å²) < 4.78 is 0. The van der Waals surface area contributed by atoms with Crippen molar-refractivity contribution in [3.63, 3.8) is 0 Å². The van der Waals surface area contributed by atoms with Gasteiger partial charge in [-0.2, -0.15) is 0 Å². The third kappa shape index (κ3) is 5.35. The van der Waals surface area contributed by atoms with E-state index < -0.39 is 0 Å². The summed E-state index contributed by atoms with van der Waals surface area (Å²) in [6, 6.07) is 15.6. The first-order chi connectivity index (χ1) is 13.3. The van der Waals surface area contributed by atoms with Gasteiger partial charge < -0.3 is 16.0 Å². The molecular weight excluding hydrogens is 350 g/mol. The fraction of sp³-hybridized carbons (Fsp3) is 0.391. The van der Waals surface area contributed by atoms with Gasteiger partial charge >= 0.3 is 0 Å². The van der Waals surface area contributed by atoms with E-state index in [0.29, 0.717) is 5.56 Å².